The fraction of sp³-hybridized carbons (Fsp3) is 0.873. The number of hydrogen-bond donors (Lipinski definition) is 0. The molecule has 0 N–H and O–H groups in total. The molecule has 0 saturated heterocycles. The summed E-state index contributed by atoms with van der Waals surface area (Å²) in [7, 11) is 0. The molecule has 0 saturated carbocycles. The second kappa shape index (κ2) is 50.5. The Hall–Kier alpha value is -2.11. The summed E-state index contributed by atoms with van der Waals surface area (Å²) in [5, 5.41) is 0. The van der Waals surface area contributed by atoms with Crippen molar-refractivity contribution in [3.63, 3.8) is 0 Å². The second-order valence-corrected chi connectivity index (χ2v) is 18.1. The Balaban J connectivity index is 4.36. The van der Waals surface area contributed by atoms with Crippen LogP contribution in [0.1, 0.15) is 290 Å². The lowest BCUT2D eigenvalue weighted by atomic mass is 10.0. The van der Waals surface area contributed by atoms with Crippen molar-refractivity contribution in [1.29, 1.82) is 0 Å². The van der Waals surface area contributed by atoms with Gasteiger partial charge in [-0.1, -0.05) is 225 Å². The molecule has 0 aromatic heterocycles. The molecule has 0 aliphatic carbocycles. The van der Waals surface area contributed by atoms with Crippen LogP contribution >= 0.6 is 0 Å². The molecule has 0 amide bonds. The van der Waals surface area contributed by atoms with Crippen LogP contribution in [0.2, 0.25) is 0 Å². The quantitative estimate of drug-likeness (QED) is 0.0262. The smallest absolute Gasteiger partial charge is 0.306 e. The van der Waals surface area contributed by atoms with E-state index in [-0.39, 0.29) is 31.1 Å². The summed E-state index contributed by atoms with van der Waals surface area (Å²) < 4.78 is 16.8. The highest BCUT2D eigenvalue weighted by Gasteiger charge is 2.19. The molecule has 0 aliphatic heterocycles. The predicted octanol–water partition coefficient (Wildman–Crippen LogP) is 17.5. The van der Waals surface area contributed by atoms with Gasteiger partial charge in [-0.3, -0.25) is 14.4 Å². The zero-order chi connectivity index (χ0) is 44.4. The fourth-order valence-electron chi connectivity index (χ4n) is 7.84. The van der Waals surface area contributed by atoms with Gasteiger partial charge in [0, 0.05) is 19.3 Å². The molecular formula is C55H102O6. The third-order valence-corrected chi connectivity index (χ3v) is 11.9. The van der Waals surface area contributed by atoms with Crippen molar-refractivity contribution in [2.45, 2.75) is 297 Å². The van der Waals surface area contributed by atoms with E-state index in [1.807, 2.05) is 0 Å². The average Bonchev–Trinajstić information content (AvgIpc) is 3.26. The summed E-state index contributed by atoms with van der Waals surface area (Å²) in [5.74, 6) is -0.876. The third kappa shape index (κ3) is 48.8. The standard InChI is InChI=1S/C55H102O6/c1-4-7-10-13-16-19-22-25-28-31-33-36-39-42-45-48-54(57)60-51-52(61-55(58)49-46-43-40-37-34-30-27-24-21-18-15-12-9-6-3)50-59-53(56)47-44-41-38-35-32-29-26-23-20-17-14-11-8-5-2/h24-25,27-28,52H,4-23,26,29-51H2,1-3H3/b27-24-,28-25-. The first kappa shape index (κ1) is 58.9. The van der Waals surface area contributed by atoms with Crippen molar-refractivity contribution < 1.29 is 28.6 Å². The van der Waals surface area contributed by atoms with E-state index in [4.69, 9.17) is 14.2 Å². The maximum absolute atomic E-state index is 12.8. The van der Waals surface area contributed by atoms with Gasteiger partial charge >= 0.3 is 17.9 Å². The van der Waals surface area contributed by atoms with Gasteiger partial charge in [0.25, 0.3) is 0 Å². The van der Waals surface area contributed by atoms with E-state index < -0.39 is 6.10 Å². The summed E-state index contributed by atoms with van der Waals surface area (Å²) >= 11 is 0. The number of unbranched alkanes of at least 4 members (excludes halogenated alkanes) is 34. The van der Waals surface area contributed by atoms with E-state index in [1.54, 1.807) is 0 Å². The minimum absolute atomic E-state index is 0.0733. The average molecular weight is 859 g/mol. The van der Waals surface area contributed by atoms with E-state index >= 15 is 0 Å². The maximum Gasteiger partial charge on any atom is 0.306 e. The highest BCUT2D eigenvalue weighted by atomic mass is 16.6. The lowest BCUT2D eigenvalue weighted by Gasteiger charge is -2.18. The van der Waals surface area contributed by atoms with E-state index in [0.717, 1.165) is 70.6 Å². The fourth-order valence-corrected chi connectivity index (χ4v) is 7.84. The molecule has 358 valence electrons. The van der Waals surface area contributed by atoms with Crippen molar-refractivity contribution in [2.75, 3.05) is 13.2 Å². The Morgan fingerprint density at radius 2 is 0.541 bits per heavy atom. The number of rotatable bonds is 49. The first-order chi connectivity index (χ1) is 30.0. The van der Waals surface area contributed by atoms with E-state index in [1.165, 1.54) is 180 Å². The number of hydrogen-bond acceptors (Lipinski definition) is 6. The molecular weight excluding hydrogens is 757 g/mol. The normalized spacial score (nSPS) is 12.1. The highest BCUT2D eigenvalue weighted by molar-refractivity contribution is 5.71. The lowest BCUT2D eigenvalue weighted by molar-refractivity contribution is -0.167. The Kier molecular flexibility index (Phi) is 48.8. The van der Waals surface area contributed by atoms with Gasteiger partial charge in [0.1, 0.15) is 13.2 Å². The van der Waals surface area contributed by atoms with E-state index in [9.17, 15) is 14.4 Å². The molecule has 0 radical (unpaired) electrons. The summed E-state index contributed by atoms with van der Waals surface area (Å²) in [6, 6.07) is 0. The zero-order valence-corrected chi connectivity index (χ0v) is 40.9. The highest BCUT2D eigenvalue weighted by Crippen LogP contribution is 2.16. The molecule has 0 fully saturated rings. The minimum atomic E-state index is -0.774. The van der Waals surface area contributed by atoms with Gasteiger partial charge in [0.05, 0.1) is 0 Å². The van der Waals surface area contributed by atoms with Gasteiger partial charge in [0.15, 0.2) is 6.10 Å². The number of carbonyl (C=O) groups excluding carboxylic acids is 3. The predicted molar refractivity (Wildman–Crippen MR) is 261 cm³/mol. The SMILES string of the molecule is CCCCCCC/C=C\CCCCCCCC(=O)OC(COC(=O)CCCCCCC/C=C\CCCCCCCC)COC(=O)CCCCCCCCCCCCCCCC. The van der Waals surface area contributed by atoms with Crippen LogP contribution < -0.4 is 0 Å². The van der Waals surface area contributed by atoms with Gasteiger partial charge in [0.2, 0.25) is 0 Å². The number of carbonyl (C=O) groups is 3. The summed E-state index contributed by atoms with van der Waals surface area (Å²) in [6.07, 6.45) is 57.3. The molecule has 6 nitrogen and oxygen atoms in total. The van der Waals surface area contributed by atoms with Crippen molar-refractivity contribution in [3.8, 4) is 0 Å². The summed E-state index contributed by atoms with van der Waals surface area (Å²) in [4.78, 5) is 38.0. The van der Waals surface area contributed by atoms with Crippen molar-refractivity contribution in [3.05, 3.63) is 24.3 Å². The molecule has 6 heteroatoms. The van der Waals surface area contributed by atoms with Crippen LogP contribution in [-0.4, -0.2) is 37.2 Å². The zero-order valence-electron chi connectivity index (χ0n) is 40.9. The third-order valence-electron chi connectivity index (χ3n) is 11.9. The summed E-state index contributed by atoms with van der Waals surface area (Å²) in [6.45, 7) is 6.64. The van der Waals surface area contributed by atoms with Gasteiger partial charge in [-0.25, -0.2) is 0 Å². The van der Waals surface area contributed by atoms with Crippen LogP contribution in [0.15, 0.2) is 24.3 Å². The largest absolute Gasteiger partial charge is 0.462 e. The molecule has 1 unspecified atom stereocenters. The van der Waals surface area contributed by atoms with Crippen LogP contribution in [0, 0.1) is 0 Å². The molecule has 0 rings (SSSR count). The molecule has 0 spiro atoms. The van der Waals surface area contributed by atoms with Crippen LogP contribution in [0.4, 0.5) is 0 Å². The summed E-state index contributed by atoms with van der Waals surface area (Å²) in [5.41, 5.74) is 0. The van der Waals surface area contributed by atoms with E-state index in [0.29, 0.717) is 19.3 Å². The molecule has 0 heterocycles. The molecule has 1 atom stereocenters. The van der Waals surface area contributed by atoms with Crippen LogP contribution in [-0.2, 0) is 28.6 Å². The van der Waals surface area contributed by atoms with Gasteiger partial charge in [-0.2, -0.15) is 0 Å². The monoisotopic (exact) mass is 859 g/mol. The minimum Gasteiger partial charge on any atom is -0.462 e. The molecule has 0 bridgehead atoms. The molecule has 61 heavy (non-hydrogen) atoms. The Labute approximate surface area is 379 Å². The van der Waals surface area contributed by atoms with E-state index in [2.05, 4.69) is 45.1 Å². The van der Waals surface area contributed by atoms with Gasteiger partial charge < -0.3 is 14.2 Å². The van der Waals surface area contributed by atoms with Crippen molar-refractivity contribution >= 4 is 17.9 Å². The first-order valence-electron chi connectivity index (χ1n) is 26.8. The van der Waals surface area contributed by atoms with Crippen molar-refractivity contribution in [2.24, 2.45) is 0 Å². The Morgan fingerprint density at radius 3 is 0.820 bits per heavy atom. The second-order valence-electron chi connectivity index (χ2n) is 18.1. The molecule has 0 aliphatic rings. The first-order valence-corrected chi connectivity index (χ1v) is 26.8. The topological polar surface area (TPSA) is 78.9 Å². The van der Waals surface area contributed by atoms with Crippen LogP contribution in [0.3, 0.4) is 0 Å². The Morgan fingerprint density at radius 1 is 0.311 bits per heavy atom. The molecule has 0 aromatic rings. The van der Waals surface area contributed by atoms with Crippen LogP contribution in [0.25, 0.3) is 0 Å². The van der Waals surface area contributed by atoms with Gasteiger partial charge in [-0.05, 0) is 70.6 Å². The van der Waals surface area contributed by atoms with Crippen molar-refractivity contribution in [1.82, 2.24) is 0 Å². The number of allylic oxidation sites excluding steroid dienone is 4. The number of ether oxygens (including phenoxy) is 3. The maximum atomic E-state index is 12.8. The number of esters is 3. The van der Waals surface area contributed by atoms with Gasteiger partial charge in [-0.15, -0.1) is 0 Å². The lowest BCUT2D eigenvalue weighted by Crippen LogP contribution is -2.30. The molecule has 0 aromatic carbocycles. The Bertz CT molecular complexity index is 989. The van der Waals surface area contributed by atoms with Crippen LogP contribution in [0.5, 0.6) is 0 Å².